The van der Waals surface area contributed by atoms with Crippen LogP contribution in [0.3, 0.4) is 0 Å². The van der Waals surface area contributed by atoms with E-state index in [-0.39, 0.29) is 0 Å². The highest BCUT2D eigenvalue weighted by atomic mass is 16.5. The molecule has 0 amide bonds. The number of carbonyl (C=O) groups is 1. The third-order valence-corrected chi connectivity index (χ3v) is 6.46. The average Bonchev–Trinajstić information content (AvgIpc) is 3.00. The van der Waals surface area contributed by atoms with Crippen LogP contribution in [0.15, 0.2) is 109 Å². The molecule has 0 heterocycles. The van der Waals surface area contributed by atoms with E-state index in [4.69, 9.17) is 18.9 Å². The van der Waals surface area contributed by atoms with Crippen molar-refractivity contribution < 1.29 is 28.8 Å². The minimum Gasteiger partial charge on any atom is -0.490 e. The molecular weight excluding hydrogens is 516 g/mol. The lowest BCUT2D eigenvalue weighted by Crippen LogP contribution is -2.26. The number of rotatable bonds is 15. The molecule has 0 aliphatic carbocycles. The maximum atomic E-state index is 11.4. The molecule has 0 unspecified atom stereocenters. The minimum absolute atomic E-state index is 0.305. The third-order valence-electron chi connectivity index (χ3n) is 6.46. The van der Waals surface area contributed by atoms with Crippen LogP contribution < -0.4 is 14.2 Å². The van der Waals surface area contributed by atoms with Crippen LogP contribution >= 0.6 is 0 Å². The van der Waals surface area contributed by atoms with Crippen LogP contribution in [-0.2, 0) is 29.2 Å². The summed E-state index contributed by atoms with van der Waals surface area (Å²) in [4.78, 5) is 11.4. The molecule has 6 nitrogen and oxygen atoms in total. The van der Waals surface area contributed by atoms with Crippen molar-refractivity contribution in [2.24, 2.45) is 0 Å². The maximum absolute atomic E-state index is 11.4. The fraction of sp³-hybridized carbons (Fsp3) is 0.229. The Morgan fingerprint density at radius 2 is 1.29 bits per heavy atom. The van der Waals surface area contributed by atoms with E-state index < -0.39 is 12.1 Å². The molecule has 0 aliphatic heterocycles. The molecule has 0 bridgehead atoms. The van der Waals surface area contributed by atoms with Crippen LogP contribution in [0.2, 0.25) is 0 Å². The second-order valence-corrected chi connectivity index (χ2v) is 9.57. The molecule has 0 aliphatic rings. The van der Waals surface area contributed by atoms with Gasteiger partial charge in [0.15, 0.2) is 6.10 Å². The van der Waals surface area contributed by atoms with Crippen molar-refractivity contribution in [3.63, 3.8) is 0 Å². The topological polar surface area (TPSA) is 74.2 Å². The van der Waals surface area contributed by atoms with Crippen LogP contribution in [0.4, 0.5) is 0 Å². The van der Waals surface area contributed by atoms with Crippen molar-refractivity contribution in [1.29, 1.82) is 0 Å². The van der Waals surface area contributed by atoms with Gasteiger partial charge < -0.3 is 24.1 Å². The lowest BCUT2D eigenvalue weighted by Gasteiger charge is -2.14. The molecule has 1 N–H and O–H groups in total. The van der Waals surface area contributed by atoms with Gasteiger partial charge in [-0.2, -0.15) is 0 Å². The molecule has 212 valence electrons. The van der Waals surface area contributed by atoms with E-state index in [0.29, 0.717) is 38.6 Å². The van der Waals surface area contributed by atoms with Crippen LogP contribution in [0.5, 0.6) is 17.2 Å². The first-order valence-corrected chi connectivity index (χ1v) is 13.7. The van der Waals surface area contributed by atoms with Gasteiger partial charge in [0.2, 0.25) is 0 Å². The molecule has 4 aromatic carbocycles. The lowest BCUT2D eigenvalue weighted by molar-refractivity contribution is -0.149. The van der Waals surface area contributed by atoms with E-state index in [1.807, 2.05) is 116 Å². The van der Waals surface area contributed by atoms with Gasteiger partial charge in [-0.1, -0.05) is 72.8 Å². The fourth-order valence-corrected chi connectivity index (χ4v) is 4.18. The number of carboxylic acids is 1. The van der Waals surface area contributed by atoms with Crippen molar-refractivity contribution in [3.8, 4) is 17.2 Å². The summed E-state index contributed by atoms with van der Waals surface area (Å²) >= 11 is 0. The fourth-order valence-electron chi connectivity index (χ4n) is 4.18. The summed E-state index contributed by atoms with van der Waals surface area (Å²) < 4.78 is 23.5. The smallest absolute Gasteiger partial charge is 0.333 e. The highest BCUT2D eigenvalue weighted by molar-refractivity contribution is 5.72. The lowest BCUT2D eigenvalue weighted by atomic mass is 10.1. The Labute approximate surface area is 241 Å². The van der Waals surface area contributed by atoms with E-state index >= 15 is 0 Å². The first-order chi connectivity index (χ1) is 20.0. The van der Waals surface area contributed by atoms with Gasteiger partial charge in [0, 0.05) is 19.1 Å². The standard InChI is InChI=1S/C35H36O6/c1-3-38-34(35(36)37)20-27-14-16-31(17-15-27)39-19-18-26(2)30-21-32(40-24-28-10-6-4-7-11-28)23-33(22-30)41-25-29-12-8-5-9-13-29/h4-18,21-23,34H,3,19-20,24-25H2,1-2H3,(H,36,37)/b26-18+/t34-/m0/s1. The molecule has 41 heavy (non-hydrogen) atoms. The van der Waals surface area contributed by atoms with Gasteiger partial charge in [-0.05, 0) is 72.0 Å². The highest BCUT2D eigenvalue weighted by Gasteiger charge is 2.17. The van der Waals surface area contributed by atoms with Gasteiger partial charge in [-0.25, -0.2) is 4.79 Å². The zero-order chi connectivity index (χ0) is 28.9. The van der Waals surface area contributed by atoms with Gasteiger partial charge in [0.1, 0.15) is 37.1 Å². The van der Waals surface area contributed by atoms with Crippen LogP contribution in [0.25, 0.3) is 5.57 Å². The summed E-state index contributed by atoms with van der Waals surface area (Å²) in [7, 11) is 0. The quantitative estimate of drug-likeness (QED) is 0.166. The molecule has 4 rings (SSSR count). The second-order valence-electron chi connectivity index (χ2n) is 9.57. The number of hydrogen-bond donors (Lipinski definition) is 1. The van der Waals surface area contributed by atoms with Gasteiger partial charge in [0.25, 0.3) is 0 Å². The van der Waals surface area contributed by atoms with Crippen LogP contribution in [0, 0.1) is 0 Å². The first-order valence-electron chi connectivity index (χ1n) is 13.7. The van der Waals surface area contributed by atoms with E-state index in [1.165, 1.54) is 0 Å². The second kappa shape index (κ2) is 15.3. The molecule has 0 saturated heterocycles. The minimum atomic E-state index is -0.962. The number of allylic oxidation sites excluding steroid dienone is 1. The normalized spacial score (nSPS) is 12.0. The number of carboxylic acid groups (broad SMARTS) is 1. The summed E-state index contributed by atoms with van der Waals surface area (Å²) in [6.45, 7) is 5.46. The molecule has 0 aromatic heterocycles. The number of hydrogen-bond acceptors (Lipinski definition) is 5. The maximum Gasteiger partial charge on any atom is 0.333 e. The number of ether oxygens (including phenoxy) is 4. The van der Waals surface area contributed by atoms with E-state index in [2.05, 4.69) is 0 Å². The molecule has 0 radical (unpaired) electrons. The molecule has 6 heteroatoms. The zero-order valence-corrected chi connectivity index (χ0v) is 23.5. The molecule has 4 aromatic rings. The van der Waals surface area contributed by atoms with Gasteiger partial charge >= 0.3 is 5.97 Å². The average molecular weight is 553 g/mol. The third kappa shape index (κ3) is 9.55. The van der Waals surface area contributed by atoms with Crippen molar-refractivity contribution in [3.05, 3.63) is 131 Å². The zero-order valence-electron chi connectivity index (χ0n) is 23.5. The van der Waals surface area contributed by atoms with Gasteiger partial charge in [-0.3, -0.25) is 0 Å². The summed E-state index contributed by atoms with van der Waals surface area (Å²) in [5.74, 6) is 1.19. The first kappa shape index (κ1) is 29.4. The highest BCUT2D eigenvalue weighted by Crippen LogP contribution is 2.29. The van der Waals surface area contributed by atoms with Crippen LogP contribution in [-0.4, -0.2) is 30.4 Å². The molecule has 0 fully saturated rings. The van der Waals surface area contributed by atoms with Gasteiger partial charge in [-0.15, -0.1) is 0 Å². The Balaban J connectivity index is 1.41. The summed E-state index contributed by atoms with van der Waals surface area (Å²) in [6.07, 6.45) is 1.46. The van der Waals surface area contributed by atoms with E-state index in [0.717, 1.165) is 39.3 Å². The van der Waals surface area contributed by atoms with Crippen molar-refractivity contribution >= 4 is 11.5 Å². The monoisotopic (exact) mass is 552 g/mol. The predicted octanol–water partition coefficient (Wildman–Crippen LogP) is 7.36. The van der Waals surface area contributed by atoms with Crippen molar-refractivity contribution in [2.45, 2.75) is 39.6 Å². The Bertz CT molecular complexity index is 1340. The molecule has 1 atom stereocenters. The number of benzene rings is 4. The molecule has 0 spiro atoms. The summed E-state index contributed by atoms with van der Waals surface area (Å²) in [5, 5.41) is 9.31. The number of aliphatic carboxylic acids is 1. The Morgan fingerprint density at radius 3 is 1.80 bits per heavy atom. The Morgan fingerprint density at radius 1 is 0.732 bits per heavy atom. The van der Waals surface area contributed by atoms with Crippen molar-refractivity contribution in [2.75, 3.05) is 13.2 Å². The Kier molecular flexibility index (Phi) is 11.0. The molecule has 0 saturated carbocycles. The largest absolute Gasteiger partial charge is 0.490 e. The van der Waals surface area contributed by atoms with E-state index in [1.54, 1.807) is 6.92 Å². The van der Waals surface area contributed by atoms with E-state index in [9.17, 15) is 9.90 Å². The van der Waals surface area contributed by atoms with Gasteiger partial charge in [0.05, 0.1) is 0 Å². The molecular formula is C35H36O6. The summed E-state index contributed by atoms with van der Waals surface area (Å²) in [5.41, 5.74) is 5.06. The SMILES string of the molecule is CCO[C@@H](Cc1ccc(OC/C=C(\C)c2cc(OCc3ccccc3)cc(OCc3ccccc3)c2)cc1)C(=O)O. The van der Waals surface area contributed by atoms with Crippen molar-refractivity contribution in [1.82, 2.24) is 0 Å². The van der Waals surface area contributed by atoms with Crippen LogP contribution in [0.1, 0.15) is 36.1 Å². The Hall–Kier alpha value is -4.55. The predicted molar refractivity (Wildman–Crippen MR) is 160 cm³/mol. The summed E-state index contributed by atoms with van der Waals surface area (Å²) in [6, 6.07) is 33.5.